The topological polar surface area (TPSA) is 52.6 Å². The molecule has 4 nitrogen and oxygen atoms in total. The predicted octanol–water partition coefficient (Wildman–Crippen LogP) is 9.11. The van der Waals surface area contributed by atoms with Crippen LogP contribution >= 0.6 is 11.8 Å². The Morgan fingerprint density at radius 3 is 1.59 bits per heavy atom. The minimum Gasteiger partial charge on any atom is -0.459 e. The fourth-order valence-electron chi connectivity index (χ4n) is 5.00. The Hall–Kier alpha value is -2.89. The number of carbonyl (C=O) groups excluding carboxylic acids is 2. The number of ether oxygens (including phenoxy) is 2. The highest BCUT2D eigenvalue weighted by Crippen LogP contribution is 2.40. The molecule has 220 valence electrons. The minimum atomic E-state index is -0.912. The van der Waals surface area contributed by atoms with Crippen LogP contribution in [-0.4, -0.2) is 29.5 Å². The van der Waals surface area contributed by atoms with Gasteiger partial charge in [-0.05, 0) is 29.5 Å². The number of carbonyl (C=O) groups is 2. The van der Waals surface area contributed by atoms with Crippen LogP contribution in [0.1, 0.15) is 94.7 Å². The van der Waals surface area contributed by atoms with Gasteiger partial charge >= 0.3 is 5.97 Å². The Labute approximate surface area is 251 Å². The van der Waals surface area contributed by atoms with Gasteiger partial charge in [-0.1, -0.05) is 155 Å². The van der Waals surface area contributed by atoms with Crippen molar-refractivity contribution in [2.45, 2.75) is 89.8 Å². The van der Waals surface area contributed by atoms with Crippen LogP contribution in [0.2, 0.25) is 0 Å². The summed E-state index contributed by atoms with van der Waals surface area (Å²) in [6.07, 6.45) is 8.67. The van der Waals surface area contributed by atoms with Crippen LogP contribution in [0.5, 0.6) is 0 Å². The van der Waals surface area contributed by atoms with Crippen molar-refractivity contribution in [3.63, 3.8) is 0 Å². The molecule has 0 amide bonds. The molecule has 1 atom stereocenters. The molecule has 3 aromatic carbocycles. The quantitative estimate of drug-likeness (QED) is 0.0812. The summed E-state index contributed by atoms with van der Waals surface area (Å²) in [5, 5.41) is 0.144. The summed E-state index contributed by atoms with van der Waals surface area (Å²) in [7, 11) is 0. The minimum absolute atomic E-state index is 0.144. The first-order valence-electron chi connectivity index (χ1n) is 15.3. The molecule has 5 heteroatoms. The highest BCUT2D eigenvalue weighted by molar-refractivity contribution is 8.13. The molecular weight excluding hydrogens is 528 g/mol. The van der Waals surface area contributed by atoms with Crippen LogP contribution in [-0.2, 0) is 24.7 Å². The van der Waals surface area contributed by atoms with Gasteiger partial charge in [0.15, 0.2) is 5.12 Å². The Kier molecular flexibility index (Phi) is 14.7. The van der Waals surface area contributed by atoms with Gasteiger partial charge in [0.05, 0.1) is 6.61 Å². The van der Waals surface area contributed by atoms with Crippen LogP contribution in [0.15, 0.2) is 91.0 Å². The molecular formula is C36H46O4S. The molecule has 0 unspecified atom stereocenters. The normalized spacial score (nSPS) is 12.1. The molecule has 0 aliphatic rings. The second-order valence-electron chi connectivity index (χ2n) is 10.5. The first kappa shape index (κ1) is 32.6. The zero-order valence-electron chi connectivity index (χ0n) is 24.8. The third-order valence-electron chi connectivity index (χ3n) is 7.22. The van der Waals surface area contributed by atoms with Gasteiger partial charge in [-0.3, -0.25) is 9.59 Å². The van der Waals surface area contributed by atoms with E-state index >= 15 is 0 Å². The molecule has 0 fully saturated rings. The van der Waals surface area contributed by atoms with E-state index < -0.39 is 11.7 Å². The van der Waals surface area contributed by atoms with Crippen molar-refractivity contribution in [1.29, 1.82) is 0 Å². The van der Waals surface area contributed by atoms with E-state index in [4.69, 9.17) is 9.47 Å². The third kappa shape index (κ3) is 10.5. The van der Waals surface area contributed by atoms with Gasteiger partial charge in [-0.25, -0.2) is 0 Å². The van der Waals surface area contributed by atoms with E-state index in [1.54, 1.807) is 0 Å². The maximum atomic E-state index is 12.9. The van der Waals surface area contributed by atoms with Crippen molar-refractivity contribution in [3.05, 3.63) is 108 Å². The van der Waals surface area contributed by atoms with Gasteiger partial charge < -0.3 is 9.47 Å². The number of hydrogen-bond acceptors (Lipinski definition) is 5. The Morgan fingerprint density at radius 1 is 0.659 bits per heavy atom. The lowest BCUT2D eigenvalue weighted by Crippen LogP contribution is -2.37. The maximum Gasteiger partial charge on any atom is 0.306 e. The van der Waals surface area contributed by atoms with Crippen LogP contribution in [0.3, 0.4) is 0 Å². The number of benzene rings is 3. The standard InChI is InChI=1S/C36H46O4S/c1-3-5-7-18-26-34(37)40-33(29-41-35(38)27-19-8-6-4-2)28-39-36(30-20-12-9-13-21-30,31-22-14-10-15-23-31)32-24-16-11-17-25-32/h9-17,20-25,33H,3-8,18-19,26-29H2,1-2H3/t33-/m0/s1. The molecule has 0 heterocycles. The second kappa shape index (κ2) is 18.5. The van der Waals surface area contributed by atoms with Crippen molar-refractivity contribution in [2.75, 3.05) is 12.4 Å². The number of rotatable bonds is 19. The van der Waals surface area contributed by atoms with Crippen molar-refractivity contribution >= 4 is 22.8 Å². The van der Waals surface area contributed by atoms with E-state index in [9.17, 15) is 9.59 Å². The van der Waals surface area contributed by atoms with Crippen LogP contribution in [0.25, 0.3) is 0 Å². The second-order valence-corrected chi connectivity index (χ2v) is 11.6. The molecule has 0 aliphatic heterocycles. The van der Waals surface area contributed by atoms with E-state index in [-0.39, 0.29) is 17.7 Å². The first-order valence-corrected chi connectivity index (χ1v) is 16.2. The lowest BCUT2D eigenvalue weighted by molar-refractivity contribution is -0.153. The summed E-state index contributed by atoms with van der Waals surface area (Å²) in [5.74, 6) is 0.150. The van der Waals surface area contributed by atoms with E-state index in [1.165, 1.54) is 11.8 Å². The molecule has 0 radical (unpaired) electrons. The van der Waals surface area contributed by atoms with Crippen molar-refractivity contribution in [1.82, 2.24) is 0 Å². The molecule has 3 rings (SSSR count). The van der Waals surface area contributed by atoms with E-state index in [1.807, 2.05) is 54.6 Å². The van der Waals surface area contributed by atoms with Gasteiger partial charge in [0.2, 0.25) is 0 Å². The van der Waals surface area contributed by atoms with Crippen LogP contribution in [0.4, 0.5) is 0 Å². The van der Waals surface area contributed by atoms with E-state index in [0.29, 0.717) is 18.6 Å². The molecule has 0 saturated carbocycles. The Morgan fingerprint density at radius 2 is 1.12 bits per heavy atom. The first-order chi connectivity index (χ1) is 20.1. The molecule has 0 spiro atoms. The van der Waals surface area contributed by atoms with Crippen molar-refractivity contribution in [3.8, 4) is 0 Å². The third-order valence-corrected chi connectivity index (χ3v) is 8.29. The smallest absolute Gasteiger partial charge is 0.306 e. The largest absolute Gasteiger partial charge is 0.459 e. The molecule has 0 saturated heterocycles. The monoisotopic (exact) mass is 574 g/mol. The molecule has 0 aliphatic carbocycles. The molecule has 3 aromatic rings. The summed E-state index contributed by atoms with van der Waals surface area (Å²) >= 11 is 1.26. The Balaban J connectivity index is 1.85. The molecule has 0 N–H and O–H groups in total. The Bertz CT molecular complexity index is 1040. The van der Waals surface area contributed by atoms with Gasteiger partial charge in [0.25, 0.3) is 0 Å². The fraction of sp³-hybridized carbons (Fsp3) is 0.444. The predicted molar refractivity (Wildman–Crippen MR) is 170 cm³/mol. The molecule has 0 aromatic heterocycles. The van der Waals surface area contributed by atoms with Crippen LogP contribution < -0.4 is 0 Å². The van der Waals surface area contributed by atoms with E-state index in [2.05, 4.69) is 50.2 Å². The fourth-order valence-corrected chi connectivity index (χ4v) is 5.82. The summed E-state index contributed by atoms with van der Waals surface area (Å²) in [5.41, 5.74) is 2.05. The van der Waals surface area contributed by atoms with Gasteiger partial charge in [0.1, 0.15) is 11.7 Å². The summed E-state index contributed by atoms with van der Waals surface area (Å²) in [6.45, 7) is 4.48. The van der Waals surface area contributed by atoms with Crippen molar-refractivity contribution in [2.24, 2.45) is 0 Å². The van der Waals surface area contributed by atoms with Gasteiger partial charge in [-0.2, -0.15) is 0 Å². The zero-order chi connectivity index (χ0) is 29.2. The summed E-state index contributed by atoms with van der Waals surface area (Å²) < 4.78 is 12.9. The highest BCUT2D eigenvalue weighted by atomic mass is 32.2. The number of unbranched alkanes of at least 4 members (excludes halogenated alkanes) is 6. The SMILES string of the molecule is CCCCCCC(=O)O[C@@H](COC(c1ccccc1)(c1ccccc1)c1ccccc1)CSC(=O)CCCCCC. The summed E-state index contributed by atoms with van der Waals surface area (Å²) in [4.78, 5) is 25.6. The van der Waals surface area contributed by atoms with Crippen molar-refractivity contribution < 1.29 is 19.1 Å². The lowest BCUT2D eigenvalue weighted by Gasteiger charge is -2.37. The molecule has 0 bridgehead atoms. The average molecular weight is 575 g/mol. The number of hydrogen-bond donors (Lipinski definition) is 0. The zero-order valence-corrected chi connectivity index (χ0v) is 25.6. The number of thioether (sulfide) groups is 1. The number of esters is 1. The van der Waals surface area contributed by atoms with Crippen LogP contribution in [0, 0.1) is 0 Å². The highest BCUT2D eigenvalue weighted by Gasteiger charge is 2.38. The average Bonchev–Trinajstić information content (AvgIpc) is 3.02. The lowest BCUT2D eigenvalue weighted by atomic mass is 9.80. The van der Waals surface area contributed by atoms with Gasteiger partial charge in [0, 0.05) is 18.6 Å². The van der Waals surface area contributed by atoms with E-state index in [0.717, 1.165) is 68.1 Å². The molecule has 41 heavy (non-hydrogen) atoms. The van der Waals surface area contributed by atoms with Gasteiger partial charge in [-0.15, -0.1) is 0 Å². The summed E-state index contributed by atoms with van der Waals surface area (Å²) in [6, 6.07) is 30.5. The maximum absolute atomic E-state index is 12.9.